The van der Waals surface area contributed by atoms with Gasteiger partial charge in [0.2, 0.25) is 0 Å². The Morgan fingerprint density at radius 3 is 2.22 bits per heavy atom. The first-order chi connectivity index (χ1) is 13.0. The molecule has 5 nitrogen and oxygen atoms in total. The number of hydrogen-bond donors (Lipinski definition) is 2. The molecule has 1 aliphatic carbocycles. The van der Waals surface area contributed by atoms with Crippen LogP contribution in [0, 0.1) is 0 Å². The van der Waals surface area contributed by atoms with E-state index in [0.29, 0.717) is 15.7 Å². The van der Waals surface area contributed by atoms with Crippen molar-refractivity contribution in [2.75, 3.05) is 11.1 Å². The number of rotatable bonds is 2. The summed E-state index contributed by atoms with van der Waals surface area (Å²) in [7, 11) is 0. The first kappa shape index (κ1) is 17.2. The molecule has 0 saturated heterocycles. The summed E-state index contributed by atoms with van der Waals surface area (Å²) >= 11 is 3.29. The van der Waals surface area contributed by atoms with Crippen LogP contribution >= 0.6 is 15.9 Å². The molecule has 3 aromatic rings. The number of amides is 1. The molecule has 3 aromatic carbocycles. The van der Waals surface area contributed by atoms with Crippen LogP contribution in [0.1, 0.15) is 42.2 Å². The molecule has 0 aliphatic heterocycles. The molecule has 132 valence electrons. The highest BCUT2D eigenvalue weighted by Crippen LogP contribution is 2.37. The van der Waals surface area contributed by atoms with Crippen LogP contribution in [0.5, 0.6) is 0 Å². The van der Waals surface area contributed by atoms with Gasteiger partial charge in [-0.2, -0.15) is 0 Å². The van der Waals surface area contributed by atoms with Crippen LogP contribution in [0.25, 0.3) is 0 Å². The first-order valence-electron chi connectivity index (χ1n) is 8.16. The summed E-state index contributed by atoms with van der Waals surface area (Å²) in [5, 5.41) is 2.74. The van der Waals surface area contributed by atoms with E-state index < -0.39 is 0 Å². The molecule has 0 fully saturated rings. The van der Waals surface area contributed by atoms with E-state index >= 15 is 0 Å². The van der Waals surface area contributed by atoms with Gasteiger partial charge in [-0.05, 0) is 46.3 Å². The predicted molar refractivity (Wildman–Crippen MR) is 106 cm³/mol. The fourth-order valence-electron chi connectivity index (χ4n) is 3.17. The van der Waals surface area contributed by atoms with Gasteiger partial charge in [0.05, 0.1) is 22.5 Å². The Balaban J connectivity index is 1.82. The SMILES string of the molecule is Nc1c(Br)ccc2c1C(=O)c1cccc(NC(=O)c3ccccc3)c1C2=O. The van der Waals surface area contributed by atoms with E-state index in [1.54, 1.807) is 54.6 Å². The highest BCUT2D eigenvalue weighted by Gasteiger charge is 2.34. The Hall–Kier alpha value is -3.25. The van der Waals surface area contributed by atoms with E-state index in [1.165, 1.54) is 0 Å². The summed E-state index contributed by atoms with van der Waals surface area (Å²) in [5.74, 6) is -1.04. The molecule has 0 saturated carbocycles. The molecule has 0 bridgehead atoms. The predicted octanol–water partition coefficient (Wildman–Crippen LogP) is 4.06. The molecule has 0 spiro atoms. The van der Waals surface area contributed by atoms with Crippen molar-refractivity contribution < 1.29 is 14.4 Å². The second kappa shape index (κ2) is 6.48. The molecule has 1 amide bonds. The van der Waals surface area contributed by atoms with Gasteiger partial charge in [-0.25, -0.2) is 0 Å². The van der Waals surface area contributed by atoms with E-state index in [1.807, 2.05) is 6.07 Å². The number of hydrogen-bond acceptors (Lipinski definition) is 4. The van der Waals surface area contributed by atoms with Crippen LogP contribution in [0.2, 0.25) is 0 Å². The van der Waals surface area contributed by atoms with Crippen LogP contribution in [0.3, 0.4) is 0 Å². The summed E-state index contributed by atoms with van der Waals surface area (Å²) < 4.78 is 0.555. The lowest BCUT2D eigenvalue weighted by molar-refractivity contribution is 0.0979. The summed E-state index contributed by atoms with van der Waals surface area (Å²) in [4.78, 5) is 38.5. The van der Waals surface area contributed by atoms with E-state index in [4.69, 9.17) is 5.73 Å². The standard InChI is InChI=1S/C21H13BrN2O3/c22-14-10-9-13-17(18(14)23)20(26)12-7-4-8-15(16(12)19(13)25)24-21(27)11-5-2-1-3-6-11/h1-10H,23H2,(H,24,27). The normalized spacial score (nSPS) is 12.3. The smallest absolute Gasteiger partial charge is 0.255 e. The average molecular weight is 421 g/mol. The van der Waals surface area contributed by atoms with Gasteiger partial charge < -0.3 is 11.1 Å². The fourth-order valence-corrected chi connectivity index (χ4v) is 3.50. The van der Waals surface area contributed by atoms with Crippen molar-refractivity contribution in [2.24, 2.45) is 0 Å². The molecule has 0 atom stereocenters. The molecule has 0 heterocycles. The summed E-state index contributed by atoms with van der Waals surface area (Å²) in [6.45, 7) is 0. The van der Waals surface area contributed by atoms with Crippen molar-refractivity contribution in [1.29, 1.82) is 0 Å². The maximum Gasteiger partial charge on any atom is 0.255 e. The molecular weight excluding hydrogens is 408 g/mol. The minimum Gasteiger partial charge on any atom is -0.397 e. The third-order valence-electron chi connectivity index (χ3n) is 4.48. The number of halogens is 1. The summed E-state index contributed by atoms with van der Waals surface area (Å²) in [5.41, 5.74) is 7.83. The maximum atomic E-state index is 13.1. The number of carbonyl (C=O) groups excluding carboxylic acids is 3. The molecule has 0 unspecified atom stereocenters. The van der Waals surface area contributed by atoms with Gasteiger partial charge in [0, 0.05) is 21.2 Å². The van der Waals surface area contributed by atoms with Crippen molar-refractivity contribution in [3.05, 3.63) is 93.0 Å². The zero-order valence-electron chi connectivity index (χ0n) is 14.0. The van der Waals surface area contributed by atoms with Gasteiger partial charge >= 0.3 is 0 Å². The zero-order chi connectivity index (χ0) is 19.1. The molecule has 1 aliphatic rings. The number of ketones is 2. The van der Waals surface area contributed by atoms with Crippen LogP contribution in [-0.4, -0.2) is 17.5 Å². The van der Waals surface area contributed by atoms with Gasteiger partial charge in [-0.15, -0.1) is 0 Å². The Bertz CT molecular complexity index is 1120. The fraction of sp³-hybridized carbons (Fsp3) is 0. The second-order valence-corrected chi connectivity index (χ2v) is 6.94. The van der Waals surface area contributed by atoms with E-state index in [9.17, 15) is 14.4 Å². The number of benzene rings is 3. The zero-order valence-corrected chi connectivity index (χ0v) is 15.5. The lowest BCUT2D eigenvalue weighted by Gasteiger charge is -2.22. The monoisotopic (exact) mass is 420 g/mol. The van der Waals surface area contributed by atoms with E-state index in [2.05, 4.69) is 21.2 Å². The Labute approximate surface area is 163 Å². The van der Waals surface area contributed by atoms with Gasteiger partial charge in [0.1, 0.15) is 0 Å². The Morgan fingerprint density at radius 1 is 0.815 bits per heavy atom. The summed E-state index contributed by atoms with van der Waals surface area (Å²) in [6, 6.07) is 16.7. The minimum absolute atomic E-state index is 0.181. The number of nitrogens with one attached hydrogen (secondary N) is 1. The van der Waals surface area contributed by atoms with Crippen molar-refractivity contribution in [2.45, 2.75) is 0 Å². The largest absolute Gasteiger partial charge is 0.397 e. The van der Waals surface area contributed by atoms with Crippen LogP contribution in [-0.2, 0) is 0 Å². The van der Waals surface area contributed by atoms with Crippen molar-refractivity contribution in [3.63, 3.8) is 0 Å². The Morgan fingerprint density at radius 2 is 1.48 bits per heavy atom. The molecule has 4 rings (SSSR count). The quantitative estimate of drug-likeness (QED) is 0.478. The van der Waals surface area contributed by atoms with Gasteiger partial charge in [-0.3, -0.25) is 14.4 Å². The first-order valence-corrected chi connectivity index (χ1v) is 8.95. The molecule has 0 aromatic heterocycles. The maximum absolute atomic E-state index is 13.1. The number of fused-ring (bicyclic) bond motifs is 2. The topological polar surface area (TPSA) is 89.3 Å². The van der Waals surface area contributed by atoms with Crippen molar-refractivity contribution in [1.82, 2.24) is 0 Å². The molecule has 0 radical (unpaired) electrons. The highest BCUT2D eigenvalue weighted by molar-refractivity contribution is 9.10. The number of carbonyl (C=O) groups is 3. The van der Waals surface area contributed by atoms with Crippen LogP contribution in [0.15, 0.2) is 65.1 Å². The van der Waals surface area contributed by atoms with Gasteiger partial charge in [0.15, 0.2) is 11.6 Å². The minimum atomic E-state index is -0.356. The molecular formula is C21H13BrN2O3. The van der Waals surface area contributed by atoms with E-state index in [-0.39, 0.29) is 45.4 Å². The average Bonchev–Trinajstić information content (AvgIpc) is 2.68. The second-order valence-electron chi connectivity index (χ2n) is 6.09. The van der Waals surface area contributed by atoms with E-state index in [0.717, 1.165) is 0 Å². The number of nitrogen functional groups attached to an aromatic ring is 1. The van der Waals surface area contributed by atoms with Crippen molar-refractivity contribution >= 4 is 44.8 Å². The number of anilines is 2. The van der Waals surface area contributed by atoms with Crippen molar-refractivity contribution in [3.8, 4) is 0 Å². The molecule has 6 heteroatoms. The third-order valence-corrected chi connectivity index (χ3v) is 5.18. The molecule has 27 heavy (non-hydrogen) atoms. The van der Waals surface area contributed by atoms with Gasteiger partial charge in [0.25, 0.3) is 5.91 Å². The summed E-state index contributed by atoms with van der Waals surface area (Å²) in [6.07, 6.45) is 0. The lowest BCUT2D eigenvalue weighted by Crippen LogP contribution is -2.25. The number of nitrogens with two attached hydrogens (primary N) is 1. The van der Waals surface area contributed by atoms with Gasteiger partial charge in [-0.1, -0.05) is 30.3 Å². The Kier molecular flexibility index (Phi) is 4.12. The van der Waals surface area contributed by atoms with Crippen LogP contribution in [0.4, 0.5) is 11.4 Å². The highest BCUT2D eigenvalue weighted by atomic mass is 79.9. The lowest BCUT2D eigenvalue weighted by atomic mass is 9.82. The molecule has 3 N–H and O–H groups in total. The third kappa shape index (κ3) is 2.74. The van der Waals surface area contributed by atoms with Crippen LogP contribution < -0.4 is 11.1 Å².